The molecule has 0 radical (unpaired) electrons. The van der Waals surface area contributed by atoms with Crippen molar-refractivity contribution in [2.24, 2.45) is 5.92 Å². The van der Waals surface area contributed by atoms with Crippen LogP contribution >= 0.6 is 0 Å². The van der Waals surface area contributed by atoms with Gasteiger partial charge in [-0.2, -0.15) is 4.98 Å². The normalized spacial score (nSPS) is 22.2. The van der Waals surface area contributed by atoms with Crippen LogP contribution in [0.4, 0.5) is 0 Å². The van der Waals surface area contributed by atoms with Crippen molar-refractivity contribution >= 4 is 0 Å². The summed E-state index contributed by atoms with van der Waals surface area (Å²) in [5.41, 5.74) is 2.01. The fourth-order valence-corrected chi connectivity index (χ4v) is 2.81. The highest BCUT2D eigenvalue weighted by Gasteiger charge is 2.25. The van der Waals surface area contributed by atoms with E-state index in [0.717, 1.165) is 29.8 Å². The number of nitrogens with one attached hydrogen (secondary N) is 1. The van der Waals surface area contributed by atoms with Gasteiger partial charge < -0.3 is 14.6 Å². The van der Waals surface area contributed by atoms with Crippen LogP contribution in [0.2, 0.25) is 0 Å². The van der Waals surface area contributed by atoms with E-state index in [9.17, 15) is 0 Å². The standard InChI is InChI=1S/C16H21N3O2/c1-10-6-7-17-13(8-10)16-18-15(19-21-16)12-4-5-14(20-3)11(2)9-12/h4-5,9-10,13,17H,6-8H2,1-3H3. The maximum absolute atomic E-state index is 5.45. The first-order chi connectivity index (χ1) is 10.2. The van der Waals surface area contributed by atoms with E-state index in [4.69, 9.17) is 9.26 Å². The Bertz CT molecular complexity index is 624. The third-order valence-corrected chi connectivity index (χ3v) is 4.06. The van der Waals surface area contributed by atoms with Gasteiger partial charge in [-0.25, -0.2) is 0 Å². The number of nitrogens with zero attached hydrogens (tertiary/aromatic N) is 2. The average Bonchev–Trinajstić information content (AvgIpc) is 2.97. The van der Waals surface area contributed by atoms with Gasteiger partial charge in [-0.1, -0.05) is 12.1 Å². The van der Waals surface area contributed by atoms with Crippen LogP contribution in [0.25, 0.3) is 11.4 Å². The van der Waals surface area contributed by atoms with E-state index in [1.807, 2.05) is 25.1 Å². The number of benzene rings is 1. The lowest BCUT2D eigenvalue weighted by molar-refractivity contribution is 0.260. The van der Waals surface area contributed by atoms with Gasteiger partial charge >= 0.3 is 0 Å². The smallest absolute Gasteiger partial charge is 0.244 e. The number of methoxy groups -OCH3 is 1. The molecule has 1 fully saturated rings. The van der Waals surface area contributed by atoms with E-state index in [1.54, 1.807) is 7.11 Å². The van der Waals surface area contributed by atoms with E-state index in [2.05, 4.69) is 22.4 Å². The van der Waals surface area contributed by atoms with Gasteiger partial charge in [-0.15, -0.1) is 0 Å². The van der Waals surface area contributed by atoms with Gasteiger partial charge in [-0.05, 0) is 56.0 Å². The van der Waals surface area contributed by atoms with E-state index < -0.39 is 0 Å². The molecule has 1 aliphatic rings. The number of aryl methyl sites for hydroxylation is 1. The molecule has 0 saturated carbocycles. The zero-order chi connectivity index (χ0) is 14.8. The number of hydrogen-bond donors (Lipinski definition) is 1. The lowest BCUT2D eigenvalue weighted by Crippen LogP contribution is -2.30. The van der Waals surface area contributed by atoms with Crippen molar-refractivity contribution in [1.82, 2.24) is 15.5 Å². The Kier molecular flexibility index (Phi) is 3.92. The summed E-state index contributed by atoms with van der Waals surface area (Å²) in [4.78, 5) is 4.55. The minimum Gasteiger partial charge on any atom is -0.496 e. The van der Waals surface area contributed by atoms with Crippen LogP contribution in [0.15, 0.2) is 22.7 Å². The fraction of sp³-hybridized carbons (Fsp3) is 0.500. The van der Waals surface area contributed by atoms with Crippen molar-refractivity contribution in [3.63, 3.8) is 0 Å². The van der Waals surface area contributed by atoms with Crippen LogP contribution in [-0.2, 0) is 0 Å². The van der Waals surface area contributed by atoms with Crippen molar-refractivity contribution in [1.29, 1.82) is 0 Å². The van der Waals surface area contributed by atoms with Crippen LogP contribution in [0, 0.1) is 12.8 Å². The van der Waals surface area contributed by atoms with Crippen molar-refractivity contribution in [3.05, 3.63) is 29.7 Å². The van der Waals surface area contributed by atoms with Crippen LogP contribution in [0.3, 0.4) is 0 Å². The topological polar surface area (TPSA) is 60.2 Å². The van der Waals surface area contributed by atoms with E-state index >= 15 is 0 Å². The predicted molar refractivity (Wildman–Crippen MR) is 80.2 cm³/mol. The van der Waals surface area contributed by atoms with Crippen LogP contribution in [0.1, 0.15) is 37.3 Å². The van der Waals surface area contributed by atoms with Gasteiger partial charge in [0.25, 0.3) is 0 Å². The quantitative estimate of drug-likeness (QED) is 0.940. The number of ether oxygens (including phenoxy) is 1. The Balaban J connectivity index is 1.82. The molecule has 1 aromatic carbocycles. The first-order valence-corrected chi connectivity index (χ1v) is 7.39. The van der Waals surface area contributed by atoms with Crippen LogP contribution < -0.4 is 10.1 Å². The monoisotopic (exact) mass is 287 g/mol. The SMILES string of the molecule is COc1ccc(-c2noc(C3CC(C)CCN3)n2)cc1C. The van der Waals surface area contributed by atoms with Gasteiger partial charge in [0.15, 0.2) is 0 Å². The summed E-state index contributed by atoms with van der Waals surface area (Å²) >= 11 is 0. The molecule has 3 rings (SSSR count). The number of piperidine rings is 1. The highest BCUT2D eigenvalue weighted by atomic mass is 16.5. The summed E-state index contributed by atoms with van der Waals surface area (Å²) in [7, 11) is 1.67. The van der Waals surface area contributed by atoms with E-state index in [0.29, 0.717) is 17.6 Å². The molecule has 1 N–H and O–H groups in total. The maximum atomic E-state index is 5.45. The highest BCUT2D eigenvalue weighted by molar-refractivity contribution is 5.58. The van der Waals surface area contributed by atoms with Gasteiger partial charge in [0.2, 0.25) is 11.7 Å². The number of hydrogen-bond acceptors (Lipinski definition) is 5. The first-order valence-electron chi connectivity index (χ1n) is 7.39. The molecule has 1 aliphatic heterocycles. The highest BCUT2D eigenvalue weighted by Crippen LogP contribution is 2.28. The molecule has 2 atom stereocenters. The van der Waals surface area contributed by atoms with Gasteiger partial charge in [0, 0.05) is 5.56 Å². The summed E-state index contributed by atoms with van der Waals surface area (Å²) < 4.78 is 10.7. The molecule has 21 heavy (non-hydrogen) atoms. The molecule has 2 unspecified atom stereocenters. The number of aromatic nitrogens is 2. The lowest BCUT2D eigenvalue weighted by atomic mass is 9.94. The molecule has 1 saturated heterocycles. The second-order valence-electron chi connectivity index (χ2n) is 5.78. The third-order valence-electron chi connectivity index (χ3n) is 4.06. The average molecular weight is 287 g/mol. The fourth-order valence-electron chi connectivity index (χ4n) is 2.81. The second kappa shape index (κ2) is 5.85. The number of rotatable bonds is 3. The molecule has 5 heteroatoms. The lowest BCUT2D eigenvalue weighted by Gasteiger charge is -2.25. The van der Waals surface area contributed by atoms with Crippen LogP contribution in [-0.4, -0.2) is 23.8 Å². The first kappa shape index (κ1) is 14.1. The molecule has 112 valence electrons. The van der Waals surface area contributed by atoms with Gasteiger partial charge in [0.1, 0.15) is 5.75 Å². The Morgan fingerprint density at radius 3 is 2.95 bits per heavy atom. The van der Waals surface area contributed by atoms with Crippen molar-refractivity contribution in [3.8, 4) is 17.1 Å². The molecular weight excluding hydrogens is 266 g/mol. The van der Waals surface area contributed by atoms with Crippen molar-refractivity contribution in [2.75, 3.05) is 13.7 Å². The zero-order valence-corrected chi connectivity index (χ0v) is 12.7. The molecule has 0 spiro atoms. The third kappa shape index (κ3) is 2.93. The van der Waals surface area contributed by atoms with Crippen LogP contribution in [0.5, 0.6) is 5.75 Å². The summed E-state index contributed by atoms with van der Waals surface area (Å²) in [5, 5.41) is 7.56. The molecule has 2 heterocycles. The van der Waals surface area contributed by atoms with Gasteiger partial charge in [0.05, 0.1) is 13.2 Å². The summed E-state index contributed by atoms with van der Waals surface area (Å²) in [6, 6.07) is 6.08. The second-order valence-corrected chi connectivity index (χ2v) is 5.78. The largest absolute Gasteiger partial charge is 0.496 e. The Hall–Kier alpha value is -1.88. The minimum absolute atomic E-state index is 0.175. The predicted octanol–water partition coefficient (Wildman–Crippen LogP) is 3.11. The molecule has 0 amide bonds. The minimum atomic E-state index is 0.175. The molecule has 2 aromatic rings. The summed E-state index contributed by atoms with van der Waals surface area (Å²) in [6.45, 7) is 5.27. The Labute approximate surface area is 124 Å². The maximum Gasteiger partial charge on any atom is 0.244 e. The zero-order valence-electron chi connectivity index (χ0n) is 12.7. The Morgan fingerprint density at radius 1 is 1.38 bits per heavy atom. The van der Waals surface area contributed by atoms with Gasteiger partial charge in [-0.3, -0.25) is 0 Å². The van der Waals surface area contributed by atoms with Crippen molar-refractivity contribution < 1.29 is 9.26 Å². The summed E-state index contributed by atoms with van der Waals surface area (Å²) in [6.07, 6.45) is 2.25. The molecule has 5 nitrogen and oxygen atoms in total. The van der Waals surface area contributed by atoms with E-state index in [-0.39, 0.29) is 6.04 Å². The molecule has 1 aromatic heterocycles. The molecule has 0 bridgehead atoms. The summed E-state index contributed by atoms with van der Waals surface area (Å²) in [5.74, 6) is 2.88. The molecular formula is C16H21N3O2. The molecule has 0 aliphatic carbocycles. The Morgan fingerprint density at radius 2 is 2.24 bits per heavy atom. The van der Waals surface area contributed by atoms with Crippen molar-refractivity contribution in [2.45, 2.75) is 32.7 Å². The van der Waals surface area contributed by atoms with E-state index in [1.165, 1.54) is 6.42 Å².